The summed E-state index contributed by atoms with van der Waals surface area (Å²) in [5, 5.41) is 8.02. The van der Waals surface area contributed by atoms with Gasteiger partial charge in [-0.2, -0.15) is 4.98 Å². The Bertz CT molecular complexity index is 1550. The summed E-state index contributed by atoms with van der Waals surface area (Å²) in [4.78, 5) is 16.5. The van der Waals surface area contributed by atoms with Crippen LogP contribution in [0.1, 0.15) is 51.5 Å². The van der Waals surface area contributed by atoms with Crippen LogP contribution < -0.4 is 31.3 Å². The molecule has 0 radical (unpaired) electrons. The Morgan fingerprint density at radius 2 is 1.88 bits per heavy atom. The Balaban J connectivity index is 1.78. The molecule has 0 unspecified atom stereocenters. The number of benzene rings is 2. The van der Waals surface area contributed by atoms with Gasteiger partial charge in [0.1, 0.15) is 11.6 Å². The van der Waals surface area contributed by atoms with Gasteiger partial charge in [-0.1, -0.05) is 56.7 Å². The number of anilines is 5. The van der Waals surface area contributed by atoms with E-state index < -0.39 is 6.04 Å². The first-order valence-corrected chi connectivity index (χ1v) is 19.2. The molecule has 0 atom stereocenters. The molecule has 2 heterocycles. The lowest BCUT2D eigenvalue weighted by atomic mass is 9.97. The van der Waals surface area contributed by atoms with Crippen LogP contribution in [0, 0.1) is 0 Å². The Hall–Kier alpha value is -2.94. The monoisotopic (exact) mass is 683 g/mol. The molecule has 230 valence electrons. The maximum Gasteiger partial charge on any atom is 0.229 e. The first-order chi connectivity index (χ1) is 20.6. The van der Waals surface area contributed by atoms with Gasteiger partial charge >= 0.3 is 0 Å². The lowest BCUT2D eigenvalue weighted by molar-refractivity contribution is 0.416. The molecular formula is C32H43BrN7OPS. The van der Waals surface area contributed by atoms with Crippen LogP contribution in [0.5, 0.6) is 5.75 Å². The van der Waals surface area contributed by atoms with Crippen molar-refractivity contribution in [1.82, 2.24) is 9.97 Å². The number of nitrogens with two attached hydrogens (primary N) is 1. The van der Waals surface area contributed by atoms with Crippen LogP contribution in [0.2, 0.25) is 0 Å². The van der Waals surface area contributed by atoms with Crippen LogP contribution in [0.25, 0.3) is 5.57 Å². The Labute approximate surface area is 269 Å². The van der Waals surface area contributed by atoms with Gasteiger partial charge in [0.15, 0.2) is 0 Å². The highest BCUT2D eigenvalue weighted by atomic mass is 79.9. The molecule has 2 aromatic carbocycles. The van der Waals surface area contributed by atoms with E-state index in [0.717, 1.165) is 82.3 Å². The quantitative estimate of drug-likeness (QED) is 0.177. The number of aliphatic imine (C=N–C) groups is 1. The zero-order chi connectivity index (χ0) is 31.1. The van der Waals surface area contributed by atoms with Gasteiger partial charge in [-0.25, -0.2) is 4.98 Å². The molecule has 0 bridgehead atoms. The third-order valence-corrected chi connectivity index (χ3v) is 10.4. The number of halogens is 1. The normalized spacial score (nSPS) is 15.5. The summed E-state index contributed by atoms with van der Waals surface area (Å²) in [6.45, 7) is 9.62. The van der Waals surface area contributed by atoms with Crippen molar-refractivity contribution in [3.63, 3.8) is 0 Å². The van der Waals surface area contributed by atoms with Gasteiger partial charge < -0.3 is 26.0 Å². The van der Waals surface area contributed by atoms with Crippen molar-refractivity contribution in [1.29, 1.82) is 0 Å². The molecule has 3 aromatic rings. The second-order valence-electron chi connectivity index (χ2n) is 11.0. The average molecular weight is 685 g/mol. The summed E-state index contributed by atoms with van der Waals surface area (Å²) in [5.74, 6) is 1.77. The van der Waals surface area contributed by atoms with Gasteiger partial charge in [-0.15, -0.1) is 0 Å². The topological polar surface area (TPSA) is 101 Å². The first-order valence-electron chi connectivity index (χ1n) is 14.7. The Morgan fingerprint density at radius 1 is 1.16 bits per heavy atom. The lowest BCUT2D eigenvalue weighted by Crippen LogP contribution is -2.36. The predicted octanol–water partition coefficient (Wildman–Crippen LogP) is 7.65. The highest BCUT2D eigenvalue weighted by molar-refractivity contribution is 9.10. The molecular weight excluding hydrogens is 641 g/mol. The number of fused-ring (bicyclic) bond motifs is 1. The number of nitrogens with one attached hydrogen (secondary N) is 2. The van der Waals surface area contributed by atoms with Crippen molar-refractivity contribution in [2.45, 2.75) is 52.0 Å². The SMILES string of the molecule is CCCC(CCC)N1CCC(=NC)C(=CN)c2cc(Nc3ncc(Br)c(Nc4ccccc4P(C)(C)=S)n3)c(OC)cc21. The van der Waals surface area contributed by atoms with E-state index >= 15 is 0 Å². The second-order valence-corrected chi connectivity index (χ2v) is 17.8. The fraction of sp³-hybridized carbons (Fsp3) is 0.406. The van der Waals surface area contributed by atoms with E-state index in [9.17, 15) is 0 Å². The smallest absolute Gasteiger partial charge is 0.229 e. The number of hydrogen-bond acceptors (Lipinski definition) is 9. The van der Waals surface area contributed by atoms with E-state index in [4.69, 9.17) is 27.3 Å². The minimum atomic E-state index is -1.69. The van der Waals surface area contributed by atoms with Crippen molar-refractivity contribution < 1.29 is 4.74 Å². The summed E-state index contributed by atoms with van der Waals surface area (Å²) < 4.78 is 6.68. The van der Waals surface area contributed by atoms with Gasteiger partial charge in [-0.3, -0.25) is 4.99 Å². The van der Waals surface area contributed by atoms with E-state index in [1.54, 1.807) is 19.5 Å². The van der Waals surface area contributed by atoms with Crippen LogP contribution in [0.4, 0.5) is 28.8 Å². The van der Waals surface area contributed by atoms with E-state index in [1.807, 2.05) is 25.2 Å². The van der Waals surface area contributed by atoms with Crippen molar-refractivity contribution >= 4 is 79.2 Å². The van der Waals surface area contributed by atoms with Crippen LogP contribution >= 0.6 is 22.0 Å². The zero-order valence-electron chi connectivity index (χ0n) is 25.9. The highest BCUT2D eigenvalue weighted by Gasteiger charge is 2.29. The van der Waals surface area contributed by atoms with Crippen LogP contribution in [-0.4, -0.2) is 55.8 Å². The van der Waals surface area contributed by atoms with Crippen molar-refractivity contribution in [2.75, 3.05) is 49.6 Å². The van der Waals surface area contributed by atoms with Crippen molar-refractivity contribution in [3.05, 3.63) is 58.8 Å². The van der Waals surface area contributed by atoms with E-state index in [1.165, 1.54) is 0 Å². The van der Waals surface area contributed by atoms with Gasteiger partial charge in [0.25, 0.3) is 0 Å². The molecule has 1 aliphatic rings. The standard InChI is InChI=1S/C32H43BrN7OPS/c1-7-11-21(12-8-2)40-16-15-25(35-3)23(19-34)22-17-27(29(41-4)18-28(22)40)38-32-36-20-24(33)31(39-32)37-26-13-9-10-14-30(26)42(5,6)43/h9-10,13-14,17-21H,7-8,11-12,15-16,34H2,1-6H3,(H2,36,37,38,39). The number of hydrogen-bond donors (Lipinski definition) is 3. The van der Waals surface area contributed by atoms with Crippen LogP contribution in [-0.2, 0) is 11.8 Å². The Kier molecular flexibility index (Phi) is 11.3. The molecule has 0 aliphatic carbocycles. The van der Waals surface area contributed by atoms with Crippen molar-refractivity contribution in [3.8, 4) is 5.75 Å². The lowest BCUT2D eigenvalue weighted by Gasteiger charge is -2.34. The molecule has 0 fully saturated rings. The Morgan fingerprint density at radius 3 is 2.51 bits per heavy atom. The first kappa shape index (κ1) is 33.0. The molecule has 0 saturated carbocycles. The van der Waals surface area contributed by atoms with E-state index in [0.29, 0.717) is 23.6 Å². The number of ether oxygens (including phenoxy) is 1. The molecule has 1 aromatic heterocycles. The summed E-state index contributed by atoms with van der Waals surface area (Å²) >= 11 is 9.47. The third-order valence-electron chi connectivity index (χ3n) is 7.67. The third kappa shape index (κ3) is 7.59. The summed E-state index contributed by atoms with van der Waals surface area (Å²) in [5.41, 5.74) is 12.0. The minimum Gasteiger partial charge on any atom is -0.494 e. The molecule has 1 aliphatic heterocycles. The van der Waals surface area contributed by atoms with E-state index in [2.05, 4.69) is 86.8 Å². The maximum atomic E-state index is 6.26. The van der Waals surface area contributed by atoms with E-state index in [-0.39, 0.29) is 0 Å². The maximum absolute atomic E-state index is 6.26. The number of methoxy groups -OCH3 is 1. The average Bonchev–Trinajstić information content (AvgIpc) is 3.13. The highest BCUT2D eigenvalue weighted by Crippen LogP contribution is 2.43. The molecule has 4 rings (SSSR count). The molecule has 43 heavy (non-hydrogen) atoms. The molecule has 11 heteroatoms. The molecule has 0 spiro atoms. The predicted molar refractivity (Wildman–Crippen MR) is 193 cm³/mol. The fourth-order valence-electron chi connectivity index (χ4n) is 5.66. The summed E-state index contributed by atoms with van der Waals surface area (Å²) in [6, 6.07) is 11.1. The minimum absolute atomic E-state index is 0.418. The molecule has 4 N–H and O–H groups in total. The zero-order valence-corrected chi connectivity index (χ0v) is 29.2. The molecule has 0 amide bonds. The summed E-state index contributed by atoms with van der Waals surface area (Å²) in [7, 11) is 3.53. The molecule has 8 nitrogen and oxygen atoms in total. The van der Waals surface area contributed by atoms with Gasteiger partial charge in [0, 0.05) is 78.0 Å². The van der Waals surface area contributed by atoms with Crippen LogP contribution in [0.15, 0.2) is 58.3 Å². The summed E-state index contributed by atoms with van der Waals surface area (Å²) in [6.07, 6.45) is 8.70. The fourth-order valence-corrected chi connectivity index (χ4v) is 7.58. The van der Waals surface area contributed by atoms with Crippen molar-refractivity contribution in [2.24, 2.45) is 10.7 Å². The van der Waals surface area contributed by atoms with Crippen LogP contribution in [0.3, 0.4) is 0 Å². The number of para-hydroxylation sites is 1. The van der Waals surface area contributed by atoms with Gasteiger partial charge in [-0.05, 0) is 60.3 Å². The van der Waals surface area contributed by atoms with Gasteiger partial charge in [0.05, 0.1) is 17.3 Å². The second kappa shape index (κ2) is 14.7. The number of aromatic nitrogens is 2. The number of rotatable bonds is 11. The largest absolute Gasteiger partial charge is 0.494 e. The van der Waals surface area contributed by atoms with Gasteiger partial charge in [0.2, 0.25) is 5.95 Å². The number of allylic oxidation sites excluding steroid dienone is 1. The number of nitrogens with zero attached hydrogens (tertiary/aromatic N) is 4. The molecule has 0 saturated heterocycles.